The van der Waals surface area contributed by atoms with Crippen molar-refractivity contribution in [3.05, 3.63) is 35.6 Å². The minimum Gasteiger partial charge on any atom is -0.251 e. The molecule has 1 rings (SSSR count). The lowest BCUT2D eigenvalue weighted by molar-refractivity contribution is 0.286. The third-order valence-corrected chi connectivity index (χ3v) is 1.51. The van der Waals surface area contributed by atoms with E-state index < -0.39 is 0 Å². The predicted octanol–water partition coefficient (Wildman–Crippen LogP) is 1.39. The van der Waals surface area contributed by atoms with Gasteiger partial charge in [-0.15, -0.1) is 0 Å². The van der Waals surface area contributed by atoms with Crippen LogP contribution in [0.15, 0.2) is 24.3 Å². The first-order valence-electron chi connectivity index (χ1n) is 3.84. The van der Waals surface area contributed by atoms with Gasteiger partial charge < -0.3 is 0 Å². The quantitative estimate of drug-likeness (QED) is 0.686. The maximum atomic E-state index is 12.5. The highest BCUT2D eigenvalue weighted by atomic mass is 19.1. The van der Waals surface area contributed by atoms with Crippen molar-refractivity contribution in [2.24, 2.45) is 0 Å². The van der Waals surface area contributed by atoms with Crippen molar-refractivity contribution in [2.75, 3.05) is 14.1 Å². The van der Waals surface area contributed by atoms with Crippen LogP contribution in [-0.2, 0) is 6.54 Å². The average Bonchev–Trinajstić information content (AvgIpc) is 2.03. The zero-order chi connectivity index (χ0) is 8.97. The summed E-state index contributed by atoms with van der Waals surface area (Å²) in [5.41, 5.74) is 4.17. The lowest BCUT2D eigenvalue weighted by Gasteiger charge is -2.11. The van der Waals surface area contributed by atoms with Crippen LogP contribution >= 0.6 is 0 Å². The van der Waals surface area contributed by atoms with Crippen LogP contribution in [0, 0.1) is 5.82 Å². The molecule has 0 aromatic heterocycles. The van der Waals surface area contributed by atoms with E-state index in [1.165, 1.54) is 12.1 Å². The van der Waals surface area contributed by atoms with E-state index >= 15 is 0 Å². The fourth-order valence-corrected chi connectivity index (χ4v) is 0.852. The number of halogens is 1. The van der Waals surface area contributed by atoms with Gasteiger partial charge in [-0.25, -0.2) is 4.39 Å². The number of rotatable bonds is 3. The number of benzene rings is 1. The van der Waals surface area contributed by atoms with E-state index in [4.69, 9.17) is 0 Å². The van der Waals surface area contributed by atoms with Crippen molar-refractivity contribution >= 4 is 0 Å². The number of hydrogen-bond acceptors (Lipinski definition) is 2. The summed E-state index contributed by atoms with van der Waals surface area (Å²) < 4.78 is 12.5. The highest BCUT2D eigenvalue weighted by Crippen LogP contribution is 2.01. The van der Waals surface area contributed by atoms with E-state index in [1.807, 2.05) is 19.1 Å². The Hall–Kier alpha value is -0.930. The molecule has 0 bridgehead atoms. The van der Waals surface area contributed by atoms with Gasteiger partial charge in [0.1, 0.15) is 5.82 Å². The minimum absolute atomic E-state index is 0.191. The van der Waals surface area contributed by atoms with Crippen molar-refractivity contribution in [1.82, 2.24) is 10.4 Å². The SMILES string of the molecule is CN(C)NCc1ccc(F)cc1. The fraction of sp³-hybridized carbons (Fsp3) is 0.333. The Morgan fingerprint density at radius 2 is 1.83 bits per heavy atom. The largest absolute Gasteiger partial charge is 0.251 e. The topological polar surface area (TPSA) is 15.3 Å². The molecule has 1 aromatic rings. The number of hydrogen-bond donors (Lipinski definition) is 1. The summed E-state index contributed by atoms with van der Waals surface area (Å²) in [5.74, 6) is -0.191. The molecule has 0 spiro atoms. The highest BCUT2D eigenvalue weighted by Gasteiger charge is 1.93. The molecule has 0 saturated carbocycles. The first-order chi connectivity index (χ1) is 5.68. The van der Waals surface area contributed by atoms with Crippen molar-refractivity contribution in [1.29, 1.82) is 0 Å². The molecule has 0 amide bonds. The van der Waals surface area contributed by atoms with E-state index in [0.29, 0.717) is 0 Å². The summed E-state index contributed by atoms with van der Waals surface area (Å²) in [5, 5.41) is 1.86. The molecule has 2 nitrogen and oxygen atoms in total. The molecule has 0 saturated heterocycles. The van der Waals surface area contributed by atoms with Gasteiger partial charge in [0.05, 0.1) is 0 Å². The zero-order valence-electron chi connectivity index (χ0n) is 7.34. The highest BCUT2D eigenvalue weighted by molar-refractivity contribution is 5.15. The Morgan fingerprint density at radius 3 is 2.33 bits per heavy atom. The summed E-state index contributed by atoms with van der Waals surface area (Å²) in [6, 6.07) is 6.47. The lowest BCUT2D eigenvalue weighted by atomic mass is 10.2. The second-order valence-corrected chi connectivity index (χ2v) is 2.86. The third kappa shape index (κ3) is 2.98. The molecule has 0 aliphatic rings. The second-order valence-electron chi connectivity index (χ2n) is 2.86. The standard InChI is InChI=1S/C9H13FN2/c1-12(2)11-7-8-3-5-9(10)6-4-8/h3-6,11H,7H2,1-2H3. The molecule has 3 heteroatoms. The van der Waals surface area contributed by atoms with Crippen LogP contribution < -0.4 is 5.43 Å². The predicted molar refractivity (Wildman–Crippen MR) is 46.9 cm³/mol. The monoisotopic (exact) mass is 168 g/mol. The number of hydrazine groups is 1. The summed E-state index contributed by atoms with van der Waals surface area (Å²) in [7, 11) is 3.84. The number of nitrogens with one attached hydrogen (secondary N) is 1. The van der Waals surface area contributed by atoms with Crippen LogP contribution in [0.1, 0.15) is 5.56 Å². The van der Waals surface area contributed by atoms with Gasteiger partial charge in [-0.05, 0) is 17.7 Å². The van der Waals surface area contributed by atoms with Crippen LogP contribution in [-0.4, -0.2) is 19.1 Å². The van der Waals surface area contributed by atoms with Gasteiger partial charge in [0.25, 0.3) is 0 Å². The molecule has 0 radical (unpaired) electrons. The summed E-state index contributed by atoms with van der Waals surface area (Å²) in [6.45, 7) is 0.729. The van der Waals surface area contributed by atoms with Crippen molar-refractivity contribution < 1.29 is 4.39 Å². The van der Waals surface area contributed by atoms with E-state index in [-0.39, 0.29) is 5.82 Å². The molecular formula is C9H13FN2. The van der Waals surface area contributed by atoms with Gasteiger partial charge in [-0.2, -0.15) is 0 Å². The van der Waals surface area contributed by atoms with E-state index in [2.05, 4.69) is 5.43 Å². The maximum Gasteiger partial charge on any atom is 0.123 e. The molecule has 12 heavy (non-hydrogen) atoms. The van der Waals surface area contributed by atoms with Gasteiger partial charge in [-0.1, -0.05) is 12.1 Å². The Balaban J connectivity index is 2.48. The first kappa shape index (κ1) is 9.16. The Labute approximate surface area is 72.0 Å². The zero-order valence-corrected chi connectivity index (χ0v) is 7.34. The minimum atomic E-state index is -0.191. The Bertz CT molecular complexity index is 231. The Morgan fingerprint density at radius 1 is 1.25 bits per heavy atom. The van der Waals surface area contributed by atoms with E-state index in [9.17, 15) is 4.39 Å². The molecule has 0 fully saturated rings. The first-order valence-corrected chi connectivity index (χ1v) is 3.84. The molecule has 1 aromatic carbocycles. The smallest absolute Gasteiger partial charge is 0.123 e. The van der Waals surface area contributed by atoms with Gasteiger partial charge >= 0.3 is 0 Å². The van der Waals surface area contributed by atoms with E-state index in [1.54, 1.807) is 12.1 Å². The van der Waals surface area contributed by atoms with Gasteiger partial charge in [0.15, 0.2) is 0 Å². The molecule has 0 atom stereocenters. The average molecular weight is 168 g/mol. The van der Waals surface area contributed by atoms with Crippen LogP contribution in [0.4, 0.5) is 4.39 Å². The normalized spacial score (nSPS) is 10.7. The van der Waals surface area contributed by atoms with Crippen molar-refractivity contribution in [3.8, 4) is 0 Å². The molecular weight excluding hydrogens is 155 g/mol. The van der Waals surface area contributed by atoms with Crippen molar-refractivity contribution in [3.63, 3.8) is 0 Å². The van der Waals surface area contributed by atoms with Gasteiger partial charge in [0.2, 0.25) is 0 Å². The van der Waals surface area contributed by atoms with Crippen LogP contribution in [0.25, 0.3) is 0 Å². The summed E-state index contributed by atoms with van der Waals surface area (Å²) in [4.78, 5) is 0. The molecule has 0 heterocycles. The summed E-state index contributed by atoms with van der Waals surface area (Å²) >= 11 is 0. The molecule has 0 unspecified atom stereocenters. The van der Waals surface area contributed by atoms with E-state index in [0.717, 1.165) is 12.1 Å². The number of nitrogens with zero attached hydrogens (tertiary/aromatic N) is 1. The van der Waals surface area contributed by atoms with Crippen LogP contribution in [0.2, 0.25) is 0 Å². The van der Waals surface area contributed by atoms with Crippen molar-refractivity contribution in [2.45, 2.75) is 6.54 Å². The molecule has 1 N–H and O–H groups in total. The second kappa shape index (κ2) is 4.18. The van der Waals surface area contributed by atoms with Gasteiger partial charge in [0, 0.05) is 20.6 Å². The Kier molecular flexibility index (Phi) is 3.19. The van der Waals surface area contributed by atoms with Gasteiger partial charge in [-0.3, -0.25) is 10.4 Å². The van der Waals surface area contributed by atoms with Crippen LogP contribution in [0.5, 0.6) is 0 Å². The fourth-order valence-electron chi connectivity index (χ4n) is 0.852. The molecule has 66 valence electrons. The third-order valence-electron chi connectivity index (χ3n) is 1.51. The summed E-state index contributed by atoms with van der Waals surface area (Å²) in [6.07, 6.45) is 0. The molecule has 0 aliphatic carbocycles. The molecule has 0 aliphatic heterocycles. The maximum absolute atomic E-state index is 12.5. The lowest BCUT2D eigenvalue weighted by Crippen LogP contribution is -2.29. The van der Waals surface area contributed by atoms with Crippen LogP contribution in [0.3, 0.4) is 0 Å².